The van der Waals surface area contributed by atoms with Crippen molar-refractivity contribution < 1.29 is 23.1 Å². The first-order chi connectivity index (χ1) is 11.5. The zero-order chi connectivity index (χ0) is 17.5. The molecular weight excluding hydrogens is 340 g/mol. The Kier molecular flexibility index (Phi) is 6.03. The second-order valence-corrected chi connectivity index (χ2v) is 5.05. The Morgan fingerprint density at radius 2 is 1.88 bits per heavy atom. The highest BCUT2D eigenvalue weighted by molar-refractivity contribution is 6.30. The molecule has 0 bridgehead atoms. The molecule has 0 fully saturated rings. The van der Waals surface area contributed by atoms with Crippen molar-refractivity contribution in [1.82, 2.24) is 0 Å². The highest BCUT2D eigenvalue weighted by Gasteiger charge is 2.08. The Hall–Kier alpha value is -2.73. The van der Waals surface area contributed by atoms with Gasteiger partial charge in [-0.05, 0) is 35.9 Å². The van der Waals surface area contributed by atoms with Gasteiger partial charge in [0.15, 0.2) is 6.61 Å². The molecule has 0 unspecified atom stereocenters. The molecule has 0 saturated heterocycles. The maximum atomic E-state index is 13.3. The van der Waals surface area contributed by atoms with Crippen molar-refractivity contribution in [3.8, 4) is 0 Å². The minimum Gasteiger partial charge on any atom is -0.452 e. The number of carbonyl (C=O) groups excluding carboxylic acids is 2. The van der Waals surface area contributed by atoms with E-state index in [9.17, 15) is 18.4 Å². The van der Waals surface area contributed by atoms with Crippen LogP contribution >= 0.6 is 11.6 Å². The van der Waals surface area contributed by atoms with Crippen LogP contribution in [-0.4, -0.2) is 18.5 Å². The summed E-state index contributed by atoms with van der Waals surface area (Å²) in [4.78, 5) is 23.1. The number of nitrogens with one attached hydrogen (secondary N) is 1. The van der Waals surface area contributed by atoms with E-state index < -0.39 is 30.1 Å². The van der Waals surface area contributed by atoms with Crippen LogP contribution in [0.5, 0.6) is 0 Å². The molecule has 0 aliphatic carbocycles. The Morgan fingerprint density at radius 3 is 2.58 bits per heavy atom. The fourth-order valence-electron chi connectivity index (χ4n) is 1.71. The lowest BCUT2D eigenvalue weighted by Gasteiger charge is -2.06. The molecule has 2 aromatic carbocycles. The minimum absolute atomic E-state index is 0.00459. The molecule has 0 aliphatic heterocycles. The quantitative estimate of drug-likeness (QED) is 0.658. The zero-order valence-corrected chi connectivity index (χ0v) is 13.0. The molecule has 0 atom stereocenters. The fraction of sp³-hybridized carbons (Fsp3) is 0.0588. The Morgan fingerprint density at radius 1 is 1.12 bits per heavy atom. The maximum absolute atomic E-state index is 13.3. The predicted molar refractivity (Wildman–Crippen MR) is 86.4 cm³/mol. The summed E-state index contributed by atoms with van der Waals surface area (Å²) in [5.74, 6) is -2.61. The number of anilines is 1. The molecule has 2 aromatic rings. The van der Waals surface area contributed by atoms with E-state index in [1.165, 1.54) is 36.4 Å². The van der Waals surface area contributed by atoms with Crippen molar-refractivity contribution in [3.63, 3.8) is 0 Å². The van der Waals surface area contributed by atoms with Gasteiger partial charge in [-0.1, -0.05) is 29.8 Å². The summed E-state index contributed by atoms with van der Waals surface area (Å²) in [5, 5.41) is 2.20. The van der Waals surface area contributed by atoms with Crippen LogP contribution in [0, 0.1) is 11.6 Å². The minimum atomic E-state index is -0.779. The molecular formula is C17H12ClF2NO3. The molecule has 0 aliphatic rings. The lowest BCUT2D eigenvalue weighted by atomic mass is 10.2. The monoisotopic (exact) mass is 351 g/mol. The van der Waals surface area contributed by atoms with Gasteiger partial charge in [-0.2, -0.15) is 0 Å². The van der Waals surface area contributed by atoms with Gasteiger partial charge in [-0.15, -0.1) is 0 Å². The molecule has 2 rings (SSSR count). The second kappa shape index (κ2) is 8.21. The average molecular weight is 352 g/mol. The Labute approximate surface area is 141 Å². The Bertz CT molecular complexity index is 793. The van der Waals surface area contributed by atoms with Gasteiger partial charge in [0.2, 0.25) is 0 Å². The molecule has 24 heavy (non-hydrogen) atoms. The van der Waals surface area contributed by atoms with Gasteiger partial charge < -0.3 is 10.1 Å². The number of rotatable bonds is 5. The van der Waals surface area contributed by atoms with Gasteiger partial charge in [-0.3, -0.25) is 4.79 Å². The third-order valence-electron chi connectivity index (χ3n) is 2.85. The maximum Gasteiger partial charge on any atom is 0.331 e. The normalized spacial score (nSPS) is 10.6. The highest BCUT2D eigenvalue weighted by atomic mass is 35.5. The second-order valence-electron chi connectivity index (χ2n) is 4.64. The molecule has 1 N–H and O–H groups in total. The number of amides is 1. The van der Waals surface area contributed by atoms with Gasteiger partial charge in [0.05, 0.1) is 10.7 Å². The van der Waals surface area contributed by atoms with Gasteiger partial charge in [0, 0.05) is 6.08 Å². The molecule has 0 heterocycles. The van der Waals surface area contributed by atoms with Crippen LogP contribution in [0.15, 0.2) is 48.5 Å². The first kappa shape index (κ1) is 17.6. The topological polar surface area (TPSA) is 55.4 Å². The van der Waals surface area contributed by atoms with Crippen LogP contribution in [0.2, 0.25) is 5.02 Å². The lowest BCUT2D eigenvalue weighted by Crippen LogP contribution is -2.20. The molecule has 0 saturated carbocycles. The molecule has 0 aromatic heterocycles. The summed E-state index contributed by atoms with van der Waals surface area (Å²) in [6.07, 6.45) is 2.43. The summed E-state index contributed by atoms with van der Waals surface area (Å²) in [6.45, 7) is -0.568. The number of para-hydroxylation sites is 1. The number of hydrogen-bond acceptors (Lipinski definition) is 3. The van der Waals surface area contributed by atoms with Crippen molar-refractivity contribution in [2.24, 2.45) is 0 Å². The Balaban J connectivity index is 1.84. The van der Waals surface area contributed by atoms with Gasteiger partial charge >= 0.3 is 5.97 Å². The molecule has 0 spiro atoms. The van der Waals surface area contributed by atoms with E-state index in [1.807, 2.05) is 0 Å². The number of ether oxygens (including phenoxy) is 1. The van der Waals surface area contributed by atoms with Crippen molar-refractivity contribution in [2.75, 3.05) is 11.9 Å². The van der Waals surface area contributed by atoms with Crippen LogP contribution < -0.4 is 5.32 Å². The average Bonchev–Trinajstić information content (AvgIpc) is 2.56. The predicted octanol–water partition coefficient (Wildman–Crippen LogP) is 3.81. The van der Waals surface area contributed by atoms with Gasteiger partial charge in [0.25, 0.3) is 5.91 Å². The number of carbonyl (C=O) groups is 2. The third kappa shape index (κ3) is 5.17. The van der Waals surface area contributed by atoms with E-state index in [1.54, 1.807) is 6.07 Å². The third-order valence-corrected chi connectivity index (χ3v) is 3.14. The van der Waals surface area contributed by atoms with Crippen LogP contribution in [-0.2, 0) is 14.3 Å². The lowest BCUT2D eigenvalue weighted by molar-refractivity contribution is -0.142. The number of halogens is 3. The van der Waals surface area contributed by atoms with Crippen molar-refractivity contribution >= 4 is 35.2 Å². The zero-order valence-electron chi connectivity index (χ0n) is 12.3. The van der Waals surface area contributed by atoms with Gasteiger partial charge in [-0.25, -0.2) is 13.6 Å². The highest BCUT2D eigenvalue weighted by Crippen LogP contribution is 2.17. The van der Waals surface area contributed by atoms with Crippen LogP contribution in [0.1, 0.15) is 5.56 Å². The van der Waals surface area contributed by atoms with Crippen molar-refractivity contribution in [1.29, 1.82) is 0 Å². The van der Waals surface area contributed by atoms with E-state index in [2.05, 4.69) is 5.32 Å². The molecule has 124 valence electrons. The molecule has 7 heteroatoms. The summed E-state index contributed by atoms with van der Waals surface area (Å²) in [6, 6.07) is 9.54. The van der Waals surface area contributed by atoms with Crippen molar-refractivity contribution in [2.45, 2.75) is 0 Å². The first-order valence-electron chi connectivity index (χ1n) is 6.80. The molecule has 1 amide bonds. The largest absolute Gasteiger partial charge is 0.452 e. The SMILES string of the molecule is O=C(COC(=O)/C=C/c1ccc(F)c(Cl)c1)Nc1ccccc1F. The summed E-state index contributed by atoms with van der Waals surface area (Å²) >= 11 is 5.61. The van der Waals surface area contributed by atoms with Crippen LogP contribution in [0.4, 0.5) is 14.5 Å². The summed E-state index contributed by atoms with van der Waals surface area (Å²) in [5.41, 5.74) is 0.490. The first-order valence-corrected chi connectivity index (χ1v) is 7.18. The molecule has 0 radical (unpaired) electrons. The number of benzene rings is 2. The summed E-state index contributed by atoms with van der Waals surface area (Å²) in [7, 11) is 0. The van der Waals surface area contributed by atoms with E-state index in [4.69, 9.17) is 16.3 Å². The van der Waals surface area contributed by atoms with Gasteiger partial charge in [0.1, 0.15) is 11.6 Å². The van der Waals surface area contributed by atoms with Crippen LogP contribution in [0.25, 0.3) is 6.08 Å². The molecule has 4 nitrogen and oxygen atoms in total. The van der Waals surface area contributed by atoms with E-state index in [0.29, 0.717) is 5.56 Å². The van der Waals surface area contributed by atoms with E-state index in [0.717, 1.165) is 12.1 Å². The smallest absolute Gasteiger partial charge is 0.331 e. The fourth-order valence-corrected chi connectivity index (χ4v) is 1.90. The van der Waals surface area contributed by atoms with E-state index >= 15 is 0 Å². The van der Waals surface area contributed by atoms with Crippen LogP contribution in [0.3, 0.4) is 0 Å². The number of hydrogen-bond donors (Lipinski definition) is 1. The van der Waals surface area contributed by atoms with E-state index in [-0.39, 0.29) is 10.7 Å². The van der Waals surface area contributed by atoms with Crippen molar-refractivity contribution in [3.05, 3.63) is 70.8 Å². The number of esters is 1. The summed E-state index contributed by atoms with van der Waals surface area (Å²) < 4.78 is 31.1. The standard InChI is InChI=1S/C17H12ClF2NO3/c18-12-9-11(5-7-13(12)19)6-8-17(23)24-10-16(22)21-15-4-2-1-3-14(15)20/h1-9H,10H2,(H,21,22)/b8-6+.